The molecule has 2 aliphatic rings. The number of rotatable bonds is 2. The minimum Gasteiger partial charge on any atom is -0.385 e. The van der Waals surface area contributed by atoms with Crippen molar-refractivity contribution >= 4 is 0 Å². The summed E-state index contributed by atoms with van der Waals surface area (Å²) in [5.41, 5.74) is 1.05. The monoisotopic (exact) mass is 279 g/mol. The van der Waals surface area contributed by atoms with E-state index in [2.05, 4.69) is 5.32 Å². The maximum absolute atomic E-state index is 13.7. The van der Waals surface area contributed by atoms with E-state index in [4.69, 9.17) is 4.74 Å². The fraction of sp³-hybridized carbons (Fsp3) is 0.625. The van der Waals surface area contributed by atoms with Gasteiger partial charge in [-0.1, -0.05) is 6.07 Å². The molecule has 1 aromatic rings. The molecule has 0 spiro atoms. The Bertz CT molecular complexity index is 466. The number of hydrogen-bond donors (Lipinski definition) is 2. The Hall–Kier alpha value is -0.970. The molecule has 0 radical (unpaired) electrons. The Labute approximate surface area is 119 Å². The highest BCUT2D eigenvalue weighted by Crippen LogP contribution is 2.39. The molecule has 0 atom stereocenters. The summed E-state index contributed by atoms with van der Waals surface area (Å²) in [5.74, 6) is 0.131. The van der Waals surface area contributed by atoms with E-state index in [1.54, 1.807) is 12.1 Å². The van der Waals surface area contributed by atoms with Crippen molar-refractivity contribution in [1.29, 1.82) is 0 Å². The van der Waals surface area contributed by atoms with Crippen molar-refractivity contribution < 1.29 is 14.2 Å². The largest absolute Gasteiger partial charge is 0.385 e. The second-order valence-electron chi connectivity index (χ2n) is 5.90. The second kappa shape index (κ2) is 5.80. The molecule has 0 aliphatic carbocycles. The second-order valence-corrected chi connectivity index (χ2v) is 5.90. The van der Waals surface area contributed by atoms with E-state index in [1.807, 2.05) is 0 Å². The Morgan fingerprint density at radius 1 is 1.20 bits per heavy atom. The highest BCUT2D eigenvalue weighted by atomic mass is 19.1. The third-order valence-electron chi connectivity index (χ3n) is 4.61. The number of aliphatic hydroxyl groups is 1. The van der Waals surface area contributed by atoms with Crippen molar-refractivity contribution in [2.75, 3.05) is 26.3 Å². The molecule has 3 rings (SSSR count). The van der Waals surface area contributed by atoms with Crippen molar-refractivity contribution in [3.8, 4) is 0 Å². The topological polar surface area (TPSA) is 41.5 Å². The molecule has 1 aromatic carbocycles. The lowest BCUT2D eigenvalue weighted by Crippen LogP contribution is -2.35. The zero-order valence-electron chi connectivity index (χ0n) is 11.7. The Balaban J connectivity index is 1.96. The fourth-order valence-corrected chi connectivity index (χ4v) is 3.41. The van der Waals surface area contributed by atoms with Crippen LogP contribution in [0.3, 0.4) is 0 Å². The number of halogens is 1. The van der Waals surface area contributed by atoms with Crippen LogP contribution < -0.4 is 5.32 Å². The molecule has 2 N–H and O–H groups in total. The maximum atomic E-state index is 13.7. The quantitative estimate of drug-likeness (QED) is 0.873. The van der Waals surface area contributed by atoms with Gasteiger partial charge in [0.1, 0.15) is 5.82 Å². The minimum atomic E-state index is -0.855. The number of benzene rings is 1. The van der Waals surface area contributed by atoms with Crippen LogP contribution in [0.1, 0.15) is 42.7 Å². The number of piperidine rings is 1. The van der Waals surface area contributed by atoms with Crippen LogP contribution in [0.4, 0.5) is 4.39 Å². The summed E-state index contributed by atoms with van der Waals surface area (Å²) in [5, 5.41) is 14.3. The summed E-state index contributed by atoms with van der Waals surface area (Å²) in [7, 11) is 0. The van der Waals surface area contributed by atoms with Crippen molar-refractivity contribution in [2.24, 2.45) is 0 Å². The van der Waals surface area contributed by atoms with Crippen molar-refractivity contribution in [1.82, 2.24) is 5.32 Å². The van der Waals surface area contributed by atoms with E-state index in [-0.39, 0.29) is 5.82 Å². The molecule has 2 heterocycles. The van der Waals surface area contributed by atoms with Gasteiger partial charge in [0, 0.05) is 26.1 Å². The number of ether oxygens (including phenoxy) is 1. The summed E-state index contributed by atoms with van der Waals surface area (Å²) in [6.45, 7) is 3.06. The molecule has 2 saturated heterocycles. The van der Waals surface area contributed by atoms with Gasteiger partial charge in [0.15, 0.2) is 0 Å². The first-order valence-corrected chi connectivity index (χ1v) is 7.50. The molecular formula is C16H22FNO2. The van der Waals surface area contributed by atoms with E-state index in [9.17, 15) is 9.50 Å². The SMILES string of the molecule is OC1(c2ccc(F)cc2C2CCNCC2)CCOCC1. The molecule has 3 nitrogen and oxygen atoms in total. The third kappa shape index (κ3) is 2.73. The highest BCUT2D eigenvalue weighted by molar-refractivity contribution is 5.36. The van der Waals surface area contributed by atoms with E-state index in [0.717, 1.165) is 37.1 Å². The van der Waals surface area contributed by atoms with Crippen LogP contribution in [-0.2, 0) is 10.3 Å². The Morgan fingerprint density at radius 2 is 1.90 bits per heavy atom. The van der Waals surface area contributed by atoms with Crippen LogP contribution in [0.15, 0.2) is 18.2 Å². The molecule has 20 heavy (non-hydrogen) atoms. The first-order chi connectivity index (χ1) is 9.69. The van der Waals surface area contributed by atoms with Crippen molar-refractivity contribution in [3.05, 3.63) is 35.1 Å². The lowest BCUT2D eigenvalue weighted by Gasteiger charge is -2.36. The average Bonchev–Trinajstić information content (AvgIpc) is 2.48. The normalized spacial score (nSPS) is 23.7. The van der Waals surface area contributed by atoms with Gasteiger partial charge in [0.25, 0.3) is 0 Å². The van der Waals surface area contributed by atoms with E-state index < -0.39 is 5.60 Å². The van der Waals surface area contributed by atoms with Gasteiger partial charge in [-0.3, -0.25) is 0 Å². The number of hydrogen-bond acceptors (Lipinski definition) is 3. The summed E-state index contributed by atoms with van der Waals surface area (Å²) in [4.78, 5) is 0. The summed E-state index contributed by atoms with van der Waals surface area (Å²) in [6.07, 6.45) is 3.19. The van der Waals surface area contributed by atoms with E-state index in [0.29, 0.717) is 32.0 Å². The Kier molecular flexibility index (Phi) is 4.06. The predicted octanol–water partition coefficient (Wildman–Crippen LogP) is 2.29. The van der Waals surface area contributed by atoms with Gasteiger partial charge < -0.3 is 15.2 Å². The van der Waals surface area contributed by atoms with Crippen molar-refractivity contribution in [2.45, 2.75) is 37.2 Å². The van der Waals surface area contributed by atoms with Gasteiger partial charge in [-0.05, 0) is 55.1 Å². The van der Waals surface area contributed by atoms with Gasteiger partial charge in [-0.25, -0.2) is 4.39 Å². The maximum Gasteiger partial charge on any atom is 0.123 e. The summed E-state index contributed by atoms with van der Waals surface area (Å²) < 4.78 is 19.0. The molecular weight excluding hydrogens is 257 g/mol. The first kappa shape index (κ1) is 14.0. The summed E-state index contributed by atoms with van der Waals surface area (Å²) in [6, 6.07) is 4.87. The smallest absolute Gasteiger partial charge is 0.123 e. The molecule has 0 saturated carbocycles. The predicted molar refractivity (Wildman–Crippen MR) is 75.2 cm³/mol. The fourth-order valence-electron chi connectivity index (χ4n) is 3.41. The highest BCUT2D eigenvalue weighted by Gasteiger charge is 2.35. The lowest BCUT2D eigenvalue weighted by atomic mass is 9.78. The van der Waals surface area contributed by atoms with Crippen LogP contribution in [0.25, 0.3) is 0 Å². The molecule has 0 amide bonds. The zero-order chi connectivity index (χ0) is 14.0. The third-order valence-corrected chi connectivity index (χ3v) is 4.61. The van der Waals surface area contributed by atoms with Gasteiger partial charge in [0.05, 0.1) is 5.60 Å². The molecule has 2 aliphatic heterocycles. The van der Waals surface area contributed by atoms with Gasteiger partial charge in [-0.15, -0.1) is 0 Å². The van der Waals surface area contributed by atoms with Crippen LogP contribution in [-0.4, -0.2) is 31.4 Å². The first-order valence-electron chi connectivity index (χ1n) is 7.50. The zero-order valence-corrected chi connectivity index (χ0v) is 11.7. The standard InChI is InChI=1S/C16H22FNO2/c17-13-1-2-15(16(19)5-9-20-10-6-16)14(11-13)12-3-7-18-8-4-12/h1-2,11-12,18-19H,3-10H2. The Morgan fingerprint density at radius 3 is 2.60 bits per heavy atom. The molecule has 110 valence electrons. The molecule has 0 bridgehead atoms. The van der Waals surface area contributed by atoms with Crippen LogP contribution in [0.5, 0.6) is 0 Å². The van der Waals surface area contributed by atoms with Gasteiger partial charge >= 0.3 is 0 Å². The minimum absolute atomic E-state index is 0.210. The van der Waals surface area contributed by atoms with Crippen molar-refractivity contribution in [3.63, 3.8) is 0 Å². The van der Waals surface area contributed by atoms with Crippen LogP contribution >= 0.6 is 0 Å². The number of nitrogens with one attached hydrogen (secondary N) is 1. The van der Waals surface area contributed by atoms with E-state index in [1.165, 1.54) is 6.07 Å². The van der Waals surface area contributed by atoms with Crippen LogP contribution in [0.2, 0.25) is 0 Å². The van der Waals surface area contributed by atoms with Crippen LogP contribution in [0, 0.1) is 5.82 Å². The summed E-state index contributed by atoms with van der Waals surface area (Å²) >= 11 is 0. The van der Waals surface area contributed by atoms with E-state index >= 15 is 0 Å². The molecule has 0 aromatic heterocycles. The molecule has 0 unspecified atom stereocenters. The molecule has 2 fully saturated rings. The van der Waals surface area contributed by atoms with Gasteiger partial charge in [0.2, 0.25) is 0 Å². The lowest BCUT2D eigenvalue weighted by molar-refractivity contribution is -0.0686. The van der Waals surface area contributed by atoms with Gasteiger partial charge in [-0.2, -0.15) is 0 Å². The average molecular weight is 279 g/mol. The molecule has 4 heteroatoms.